The number of hydrogen-bond acceptors (Lipinski definition) is 12. The second-order valence-corrected chi connectivity index (χ2v) is 6.64. The molecule has 2 heterocycles. The zero-order valence-corrected chi connectivity index (χ0v) is 18.5. The molecule has 0 aliphatic rings. The van der Waals surface area contributed by atoms with Gasteiger partial charge in [0.2, 0.25) is 11.8 Å². The zero-order chi connectivity index (χ0) is 22.4. The lowest BCUT2D eigenvalue weighted by Gasteiger charge is -2.13. The van der Waals surface area contributed by atoms with E-state index in [1.165, 1.54) is 7.11 Å². The Morgan fingerprint density at radius 3 is 2.81 bits per heavy atom. The lowest BCUT2D eigenvalue weighted by atomic mass is 10.1. The number of aromatic nitrogens is 4. The SMILES string of the molecule is COC(=O)c1ccc(NCc2cnc3nc(N)nc(N)c3n2)cc1OCC(=N)OCI. The highest BCUT2D eigenvalue weighted by molar-refractivity contribution is 14.1. The lowest BCUT2D eigenvalue weighted by Crippen LogP contribution is -2.15. The molecule has 0 aliphatic heterocycles. The van der Waals surface area contributed by atoms with Crippen molar-refractivity contribution in [2.45, 2.75) is 6.54 Å². The van der Waals surface area contributed by atoms with Crippen LogP contribution in [0.2, 0.25) is 0 Å². The van der Waals surface area contributed by atoms with Gasteiger partial charge in [0.05, 0.1) is 25.5 Å². The van der Waals surface area contributed by atoms with Gasteiger partial charge in [-0.3, -0.25) is 5.41 Å². The summed E-state index contributed by atoms with van der Waals surface area (Å²) in [6.45, 7) is 0.173. The van der Waals surface area contributed by atoms with Crippen LogP contribution in [0.5, 0.6) is 5.75 Å². The molecular formula is C18H19IN8O4. The van der Waals surface area contributed by atoms with Gasteiger partial charge in [-0.1, -0.05) is 0 Å². The molecule has 31 heavy (non-hydrogen) atoms. The second-order valence-electron chi connectivity index (χ2n) is 6.02. The standard InChI is InChI=1S/C18H19IN8O4/c1-29-17(28)11-3-2-9(4-12(11)30-7-13(20)31-8-19)23-5-10-6-24-16-14(25-10)15(21)26-18(22)27-16/h2-4,6,20,23H,5,7-8H2,1H3,(H4,21,22,24,26,27). The molecule has 3 aromatic rings. The molecule has 2 aromatic heterocycles. The highest BCUT2D eigenvalue weighted by atomic mass is 127. The van der Waals surface area contributed by atoms with Crippen LogP contribution in [0, 0.1) is 5.41 Å². The first-order valence-corrected chi connectivity index (χ1v) is 10.3. The van der Waals surface area contributed by atoms with Gasteiger partial charge < -0.3 is 31.0 Å². The Morgan fingerprint density at radius 2 is 2.06 bits per heavy atom. The molecule has 0 amide bonds. The molecular weight excluding hydrogens is 519 g/mol. The van der Waals surface area contributed by atoms with E-state index in [4.69, 9.17) is 31.1 Å². The number of nitrogens with zero attached hydrogens (tertiary/aromatic N) is 4. The Hall–Kier alpha value is -3.49. The average molecular weight is 538 g/mol. The molecule has 6 N–H and O–H groups in total. The molecule has 12 nitrogen and oxygen atoms in total. The molecule has 0 atom stereocenters. The molecule has 0 bridgehead atoms. The number of anilines is 3. The van der Waals surface area contributed by atoms with Crippen LogP contribution in [-0.4, -0.2) is 50.1 Å². The van der Waals surface area contributed by atoms with Crippen molar-refractivity contribution in [2.24, 2.45) is 0 Å². The number of fused-ring (bicyclic) bond motifs is 1. The van der Waals surface area contributed by atoms with Crippen molar-refractivity contribution in [1.29, 1.82) is 5.41 Å². The van der Waals surface area contributed by atoms with Gasteiger partial charge in [-0.25, -0.2) is 14.8 Å². The predicted molar refractivity (Wildman–Crippen MR) is 122 cm³/mol. The number of ether oxygens (including phenoxy) is 3. The Kier molecular flexibility index (Phi) is 7.17. The third kappa shape index (κ3) is 5.56. The summed E-state index contributed by atoms with van der Waals surface area (Å²) in [6, 6.07) is 4.88. The van der Waals surface area contributed by atoms with E-state index >= 15 is 0 Å². The van der Waals surface area contributed by atoms with Gasteiger partial charge >= 0.3 is 5.97 Å². The Bertz CT molecular complexity index is 1130. The van der Waals surface area contributed by atoms with Crippen LogP contribution in [0.15, 0.2) is 24.4 Å². The first-order valence-electron chi connectivity index (χ1n) is 8.81. The van der Waals surface area contributed by atoms with Crippen LogP contribution in [0.1, 0.15) is 16.1 Å². The summed E-state index contributed by atoms with van der Waals surface area (Å²) in [5.74, 6) is -0.198. The summed E-state index contributed by atoms with van der Waals surface area (Å²) in [7, 11) is 1.28. The number of carbonyl (C=O) groups is 1. The van der Waals surface area contributed by atoms with E-state index in [9.17, 15) is 4.79 Å². The smallest absolute Gasteiger partial charge is 0.341 e. The van der Waals surface area contributed by atoms with Gasteiger partial charge in [-0.15, -0.1) is 0 Å². The molecule has 0 spiro atoms. The molecule has 13 heteroatoms. The van der Waals surface area contributed by atoms with Crippen molar-refractivity contribution in [2.75, 3.05) is 35.1 Å². The Balaban J connectivity index is 1.78. The Labute approximate surface area is 190 Å². The molecule has 1 aromatic carbocycles. The molecule has 0 fully saturated rings. The number of nitrogens with one attached hydrogen (secondary N) is 2. The number of rotatable bonds is 8. The van der Waals surface area contributed by atoms with E-state index in [1.807, 2.05) is 22.6 Å². The van der Waals surface area contributed by atoms with Crippen molar-refractivity contribution in [1.82, 2.24) is 19.9 Å². The third-order valence-corrected chi connectivity index (χ3v) is 4.26. The molecule has 0 saturated heterocycles. The number of nitrogen functional groups attached to an aromatic ring is 2. The summed E-state index contributed by atoms with van der Waals surface area (Å²) in [6.07, 6.45) is 1.55. The minimum atomic E-state index is -0.557. The zero-order valence-electron chi connectivity index (χ0n) is 16.4. The molecule has 0 aliphatic carbocycles. The number of nitrogens with two attached hydrogens (primary N) is 2. The topological polar surface area (TPSA) is 184 Å². The maximum atomic E-state index is 12.0. The number of alkyl halides is 1. The van der Waals surface area contributed by atoms with Crippen molar-refractivity contribution < 1.29 is 19.0 Å². The fraction of sp³-hybridized carbons (Fsp3) is 0.222. The first kappa shape index (κ1) is 22.2. The maximum absolute atomic E-state index is 12.0. The summed E-state index contributed by atoms with van der Waals surface area (Å²) < 4.78 is 15.7. The highest BCUT2D eigenvalue weighted by Crippen LogP contribution is 2.25. The summed E-state index contributed by atoms with van der Waals surface area (Å²) in [5, 5.41) is 10.8. The number of esters is 1. The number of benzene rings is 1. The van der Waals surface area contributed by atoms with E-state index in [0.29, 0.717) is 33.7 Å². The van der Waals surface area contributed by atoms with Crippen LogP contribution < -0.4 is 21.5 Å². The van der Waals surface area contributed by atoms with E-state index in [1.54, 1.807) is 24.4 Å². The Morgan fingerprint density at radius 1 is 1.26 bits per heavy atom. The van der Waals surface area contributed by atoms with Crippen LogP contribution in [-0.2, 0) is 16.0 Å². The predicted octanol–water partition coefficient (Wildman–Crippen LogP) is 1.75. The van der Waals surface area contributed by atoms with Crippen LogP contribution in [0.25, 0.3) is 11.2 Å². The van der Waals surface area contributed by atoms with Gasteiger partial charge in [0.15, 0.2) is 23.6 Å². The van der Waals surface area contributed by atoms with Crippen LogP contribution in [0.4, 0.5) is 17.5 Å². The van der Waals surface area contributed by atoms with Crippen molar-refractivity contribution >= 4 is 63.1 Å². The normalized spacial score (nSPS) is 10.5. The molecule has 162 valence electrons. The van der Waals surface area contributed by atoms with Gasteiger partial charge in [0.1, 0.15) is 15.9 Å². The fourth-order valence-electron chi connectivity index (χ4n) is 2.54. The van der Waals surface area contributed by atoms with Crippen molar-refractivity contribution in [3.05, 3.63) is 35.7 Å². The minimum absolute atomic E-state index is 0.0281. The quantitative estimate of drug-likeness (QED) is 0.108. The largest absolute Gasteiger partial charge is 0.483 e. The van der Waals surface area contributed by atoms with Crippen LogP contribution in [0.3, 0.4) is 0 Å². The average Bonchev–Trinajstić information content (AvgIpc) is 2.76. The van der Waals surface area contributed by atoms with Crippen LogP contribution >= 0.6 is 22.6 Å². The maximum Gasteiger partial charge on any atom is 0.341 e. The monoisotopic (exact) mass is 538 g/mol. The molecule has 0 radical (unpaired) electrons. The fourth-order valence-corrected chi connectivity index (χ4v) is 2.92. The second kappa shape index (κ2) is 10.0. The molecule has 0 unspecified atom stereocenters. The van der Waals surface area contributed by atoms with Gasteiger partial charge in [0, 0.05) is 11.8 Å². The van der Waals surface area contributed by atoms with Gasteiger partial charge in [0.25, 0.3) is 0 Å². The number of methoxy groups -OCH3 is 1. The molecule has 3 rings (SSSR count). The summed E-state index contributed by atoms with van der Waals surface area (Å²) in [5.41, 5.74) is 13.5. The number of hydrogen-bond donors (Lipinski definition) is 4. The summed E-state index contributed by atoms with van der Waals surface area (Å²) >= 11 is 1.98. The first-order chi connectivity index (χ1) is 14.9. The molecule has 0 saturated carbocycles. The van der Waals surface area contributed by atoms with Gasteiger partial charge in [-0.2, -0.15) is 9.97 Å². The van der Waals surface area contributed by atoms with Gasteiger partial charge in [-0.05, 0) is 34.7 Å². The van der Waals surface area contributed by atoms with Crippen molar-refractivity contribution in [3.63, 3.8) is 0 Å². The van der Waals surface area contributed by atoms with E-state index in [2.05, 4.69) is 25.3 Å². The highest BCUT2D eigenvalue weighted by Gasteiger charge is 2.15. The van der Waals surface area contributed by atoms with E-state index < -0.39 is 5.97 Å². The van der Waals surface area contributed by atoms with E-state index in [0.717, 1.165) is 0 Å². The number of halogens is 1. The lowest BCUT2D eigenvalue weighted by molar-refractivity contribution is 0.0596. The summed E-state index contributed by atoms with van der Waals surface area (Å²) in [4.78, 5) is 28.5. The minimum Gasteiger partial charge on any atom is -0.483 e. The number of carbonyl (C=O) groups excluding carboxylic acids is 1. The third-order valence-electron chi connectivity index (χ3n) is 3.95. The van der Waals surface area contributed by atoms with E-state index in [-0.39, 0.29) is 35.6 Å². The van der Waals surface area contributed by atoms with Crippen molar-refractivity contribution in [3.8, 4) is 5.75 Å².